The topological polar surface area (TPSA) is 69.6 Å². The van der Waals surface area contributed by atoms with Crippen LogP contribution in [-0.2, 0) is 38.0 Å². The summed E-state index contributed by atoms with van der Waals surface area (Å²) in [6.45, 7) is 0.486. The van der Waals surface area contributed by atoms with E-state index in [-0.39, 0.29) is 42.7 Å². The SMILES string of the molecule is CCN(CCc1ccc(C(F)(F)F)cc1CN(Cc1cc(C(F)(F)F)cc(C(F)(F)F)c1)c1ncc(Br)cn1)C(=O)O. The van der Waals surface area contributed by atoms with E-state index in [1.807, 2.05) is 0 Å². The average molecular weight is 673 g/mol. The second kappa shape index (κ2) is 12.8. The Hall–Kier alpha value is -3.56. The molecule has 228 valence electrons. The van der Waals surface area contributed by atoms with E-state index < -0.39 is 60.0 Å². The Kier molecular flexibility index (Phi) is 10.0. The lowest BCUT2D eigenvalue weighted by atomic mass is 9.99. The fourth-order valence-electron chi connectivity index (χ4n) is 4.04. The summed E-state index contributed by atoms with van der Waals surface area (Å²) in [5.74, 6) is -0.187. The van der Waals surface area contributed by atoms with Crippen molar-refractivity contribution in [2.45, 2.75) is 45.0 Å². The smallest absolute Gasteiger partial charge is 0.416 e. The molecule has 0 aliphatic carbocycles. The molecule has 6 nitrogen and oxygen atoms in total. The van der Waals surface area contributed by atoms with Crippen LogP contribution in [-0.4, -0.2) is 39.2 Å². The number of carboxylic acid groups (broad SMARTS) is 1. The van der Waals surface area contributed by atoms with Crippen molar-refractivity contribution < 1.29 is 49.4 Å². The fraction of sp³-hybridized carbons (Fsp3) is 0.346. The summed E-state index contributed by atoms with van der Waals surface area (Å²) >= 11 is 3.12. The third kappa shape index (κ3) is 8.72. The van der Waals surface area contributed by atoms with Gasteiger partial charge in [-0.05, 0) is 76.3 Å². The maximum absolute atomic E-state index is 13.6. The van der Waals surface area contributed by atoms with Gasteiger partial charge in [0.1, 0.15) is 0 Å². The minimum atomic E-state index is -5.11. The molecule has 0 spiro atoms. The summed E-state index contributed by atoms with van der Waals surface area (Å²) in [4.78, 5) is 21.6. The van der Waals surface area contributed by atoms with E-state index in [1.54, 1.807) is 6.92 Å². The Balaban J connectivity index is 2.11. The lowest BCUT2D eigenvalue weighted by Crippen LogP contribution is -2.31. The van der Waals surface area contributed by atoms with Crippen LogP contribution in [0.1, 0.15) is 40.3 Å². The number of aromatic nitrogens is 2. The molecule has 1 N–H and O–H groups in total. The minimum Gasteiger partial charge on any atom is -0.465 e. The number of benzene rings is 2. The number of amides is 1. The first-order valence-corrected chi connectivity index (χ1v) is 12.9. The molecule has 0 saturated heterocycles. The van der Waals surface area contributed by atoms with Crippen LogP contribution in [0, 0.1) is 0 Å². The van der Waals surface area contributed by atoms with Gasteiger partial charge >= 0.3 is 24.6 Å². The van der Waals surface area contributed by atoms with Gasteiger partial charge < -0.3 is 14.9 Å². The van der Waals surface area contributed by atoms with Gasteiger partial charge in [0.15, 0.2) is 0 Å². The summed E-state index contributed by atoms with van der Waals surface area (Å²) in [5, 5.41) is 9.30. The number of hydrogen-bond acceptors (Lipinski definition) is 4. The number of anilines is 1. The molecule has 0 unspecified atom stereocenters. The van der Waals surface area contributed by atoms with E-state index in [0.29, 0.717) is 16.6 Å². The van der Waals surface area contributed by atoms with Crippen molar-refractivity contribution in [1.29, 1.82) is 0 Å². The largest absolute Gasteiger partial charge is 0.465 e. The maximum atomic E-state index is 13.6. The van der Waals surface area contributed by atoms with Gasteiger partial charge in [0, 0.05) is 38.6 Å². The zero-order chi connectivity index (χ0) is 31.5. The van der Waals surface area contributed by atoms with Crippen LogP contribution in [0.25, 0.3) is 0 Å². The number of carbonyl (C=O) groups is 1. The molecule has 0 aliphatic rings. The second-order valence-corrected chi connectivity index (χ2v) is 9.98. The normalized spacial score (nSPS) is 12.4. The summed E-state index contributed by atoms with van der Waals surface area (Å²) in [6, 6.07) is 3.75. The summed E-state index contributed by atoms with van der Waals surface area (Å²) in [7, 11) is 0. The highest BCUT2D eigenvalue weighted by Crippen LogP contribution is 2.37. The van der Waals surface area contributed by atoms with Gasteiger partial charge in [0.25, 0.3) is 0 Å². The molecule has 2 aromatic carbocycles. The summed E-state index contributed by atoms with van der Waals surface area (Å²) in [6.07, 6.45) is -13.8. The Labute approximate surface area is 241 Å². The second-order valence-electron chi connectivity index (χ2n) is 9.06. The highest BCUT2D eigenvalue weighted by Gasteiger charge is 2.37. The number of halogens is 10. The average Bonchev–Trinajstić information content (AvgIpc) is 2.88. The molecule has 0 fully saturated rings. The predicted octanol–water partition coefficient (Wildman–Crippen LogP) is 8.04. The highest BCUT2D eigenvalue weighted by atomic mass is 79.9. The summed E-state index contributed by atoms with van der Waals surface area (Å²) in [5.41, 5.74) is -4.33. The highest BCUT2D eigenvalue weighted by molar-refractivity contribution is 9.10. The van der Waals surface area contributed by atoms with Crippen LogP contribution in [0.5, 0.6) is 0 Å². The molecule has 42 heavy (non-hydrogen) atoms. The zero-order valence-corrected chi connectivity index (χ0v) is 23.2. The van der Waals surface area contributed by atoms with Crippen LogP contribution >= 0.6 is 15.9 Å². The monoisotopic (exact) mass is 672 g/mol. The van der Waals surface area contributed by atoms with Crippen molar-refractivity contribution in [3.8, 4) is 0 Å². The van der Waals surface area contributed by atoms with Crippen molar-refractivity contribution in [2.75, 3.05) is 18.0 Å². The number of alkyl halides is 9. The third-order valence-electron chi connectivity index (χ3n) is 6.11. The molecule has 0 bridgehead atoms. The Morgan fingerprint density at radius 3 is 1.83 bits per heavy atom. The van der Waals surface area contributed by atoms with Crippen molar-refractivity contribution in [3.05, 3.63) is 86.6 Å². The molecule has 16 heteroatoms. The molecule has 0 radical (unpaired) electrons. The quantitative estimate of drug-likeness (QED) is 0.233. The Morgan fingerprint density at radius 1 is 0.810 bits per heavy atom. The van der Waals surface area contributed by atoms with Gasteiger partial charge in [-0.15, -0.1) is 0 Å². The molecule has 0 atom stereocenters. The molecular weight excluding hydrogens is 651 g/mol. The van der Waals surface area contributed by atoms with Crippen LogP contribution in [0.4, 0.5) is 50.3 Å². The van der Waals surface area contributed by atoms with Gasteiger partial charge in [-0.2, -0.15) is 39.5 Å². The van der Waals surface area contributed by atoms with Crippen molar-refractivity contribution in [2.24, 2.45) is 0 Å². The lowest BCUT2D eigenvalue weighted by molar-refractivity contribution is -0.143. The third-order valence-corrected chi connectivity index (χ3v) is 6.52. The van der Waals surface area contributed by atoms with Crippen LogP contribution in [0.3, 0.4) is 0 Å². The molecule has 0 aliphatic heterocycles. The van der Waals surface area contributed by atoms with E-state index in [4.69, 9.17) is 0 Å². The standard InChI is InChI=1S/C26H22BrF9N4O2/c1-2-39(23(41)42)6-5-16-3-4-18(24(28,29)30)9-17(16)14-40(22-37-11-21(27)12-38-22)13-15-7-19(25(31,32)33)10-20(8-15)26(34,35)36/h3-4,7-12H,2,5-6,13-14H2,1H3,(H,41,42). The molecule has 0 saturated carbocycles. The molecule has 1 amide bonds. The van der Waals surface area contributed by atoms with Gasteiger partial charge in [-0.3, -0.25) is 0 Å². The molecule has 3 aromatic rings. The van der Waals surface area contributed by atoms with E-state index in [9.17, 15) is 49.4 Å². The Morgan fingerprint density at radius 2 is 1.36 bits per heavy atom. The van der Waals surface area contributed by atoms with E-state index in [2.05, 4.69) is 25.9 Å². The first kappa shape index (κ1) is 32.9. The number of hydrogen-bond donors (Lipinski definition) is 1. The lowest BCUT2D eigenvalue weighted by Gasteiger charge is -2.26. The van der Waals surface area contributed by atoms with E-state index in [1.165, 1.54) is 12.4 Å². The Bertz CT molecular complexity index is 1360. The minimum absolute atomic E-state index is 0.000747. The fourth-order valence-corrected chi connectivity index (χ4v) is 4.25. The molecule has 1 aromatic heterocycles. The summed E-state index contributed by atoms with van der Waals surface area (Å²) < 4.78 is 122. The first-order chi connectivity index (χ1) is 19.4. The zero-order valence-electron chi connectivity index (χ0n) is 21.6. The molecule has 1 heterocycles. The van der Waals surface area contributed by atoms with E-state index in [0.717, 1.165) is 28.0 Å². The van der Waals surface area contributed by atoms with Crippen LogP contribution < -0.4 is 4.90 Å². The number of nitrogens with zero attached hydrogens (tertiary/aromatic N) is 4. The van der Waals surface area contributed by atoms with Crippen molar-refractivity contribution >= 4 is 28.0 Å². The van der Waals surface area contributed by atoms with Crippen molar-refractivity contribution in [1.82, 2.24) is 14.9 Å². The van der Waals surface area contributed by atoms with Gasteiger partial charge in [-0.1, -0.05) is 6.07 Å². The first-order valence-electron chi connectivity index (χ1n) is 12.1. The van der Waals surface area contributed by atoms with Crippen molar-refractivity contribution in [3.63, 3.8) is 0 Å². The van der Waals surface area contributed by atoms with Gasteiger partial charge in [0.2, 0.25) is 5.95 Å². The number of likely N-dealkylation sites (N-methyl/N-ethyl adjacent to an activating group) is 1. The molecule has 3 rings (SSSR count). The van der Waals surface area contributed by atoms with E-state index >= 15 is 0 Å². The van der Waals surface area contributed by atoms with Crippen LogP contribution in [0.15, 0.2) is 53.3 Å². The maximum Gasteiger partial charge on any atom is 0.416 e. The number of rotatable bonds is 9. The van der Waals surface area contributed by atoms with Gasteiger partial charge in [0.05, 0.1) is 21.2 Å². The van der Waals surface area contributed by atoms with Crippen LogP contribution in [0.2, 0.25) is 0 Å². The molecular formula is C26H22BrF9N4O2. The predicted molar refractivity (Wildman–Crippen MR) is 136 cm³/mol. The van der Waals surface area contributed by atoms with Gasteiger partial charge in [-0.25, -0.2) is 14.8 Å².